The number of para-hydroxylation sites is 1. The van der Waals surface area contributed by atoms with Crippen LogP contribution in [0.25, 0.3) is 0 Å². The first kappa shape index (κ1) is 21.6. The molecular formula is C23H32N3O2+. The molecule has 0 aliphatic carbocycles. The summed E-state index contributed by atoms with van der Waals surface area (Å²) in [7, 11) is 1.85. The molecule has 2 aromatic rings. The normalized spacial score (nSPS) is 12.9. The van der Waals surface area contributed by atoms with Gasteiger partial charge in [-0.2, -0.15) is 0 Å². The summed E-state index contributed by atoms with van der Waals surface area (Å²) < 4.78 is 0. The molecule has 3 N–H and O–H groups in total. The minimum atomic E-state index is -0.0918. The lowest BCUT2D eigenvalue weighted by Crippen LogP contribution is -3.11. The van der Waals surface area contributed by atoms with Crippen LogP contribution in [0.2, 0.25) is 0 Å². The number of likely N-dealkylation sites (N-methyl/N-ethyl adjacent to an activating group) is 1. The van der Waals surface area contributed by atoms with E-state index < -0.39 is 0 Å². The van der Waals surface area contributed by atoms with Crippen molar-refractivity contribution < 1.29 is 14.5 Å². The molecule has 0 fully saturated rings. The third-order valence-corrected chi connectivity index (χ3v) is 4.94. The Balaban J connectivity index is 1.83. The highest BCUT2D eigenvalue weighted by molar-refractivity contribution is 5.93. The average Bonchev–Trinajstić information content (AvgIpc) is 2.64. The van der Waals surface area contributed by atoms with Gasteiger partial charge in [0.05, 0.1) is 13.1 Å². The molecule has 0 radical (unpaired) electrons. The molecule has 28 heavy (non-hydrogen) atoms. The Morgan fingerprint density at radius 3 is 2.11 bits per heavy atom. The highest BCUT2D eigenvalue weighted by atomic mass is 16.2. The topological polar surface area (TPSA) is 62.6 Å². The van der Waals surface area contributed by atoms with E-state index in [0.717, 1.165) is 33.7 Å². The first-order chi connectivity index (χ1) is 13.3. The van der Waals surface area contributed by atoms with Crippen molar-refractivity contribution in [1.29, 1.82) is 0 Å². The molecule has 2 atom stereocenters. The first-order valence-electron chi connectivity index (χ1n) is 9.85. The molecule has 2 aromatic carbocycles. The van der Waals surface area contributed by atoms with Crippen LogP contribution >= 0.6 is 0 Å². The van der Waals surface area contributed by atoms with Crippen molar-refractivity contribution in [3.05, 3.63) is 64.7 Å². The Morgan fingerprint density at radius 2 is 1.54 bits per heavy atom. The van der Waals surface area contributed by atoms with Gasteiger partial charge in [0.15, 0.2) is 13.1 Å². The van der Waals surface area contributed by atoms with Crippen molar-refractivity contribution in [2.45, 2.75) is 40.2 Å². The summed E-state index contributed by atoms with van der Waals surface area (Å²) in [5.41, 5.74) is 5.28. The summed E-state index contributed by atoms with van der Waals surface area (Å²) in [5, 5.41) is 5.98. The van der Waals surface area contributed by atoms with Crippen molar-refractivity contribution in [2.24, 2.45) is 0 Å². The quantitative estimate of drug-likeness (QED) is 0.655. The number of quaternary nitrogens is 1. The molecule has 0 aliphatic rings. The SMILES string of the molecule is CCc1ccc([C@H](C)NC(=O)C[NH+](C)CC(=O)Nc2c(C)cccc2C)cc1. The molecule has 2 amide bonds. The summed E-state index contributed by atoms with van der Waals surface area (Å²) in [6.45, 7) is 8.53. The second-order valence-electron chi connectivity index (χ2n) is 7.51. The van der Waals surface area contributed by atoms with Gasteiger partial charge in [0.1, 0.15) is 0 Å². The number of rotatable bonds is 8. The van der Waals surface area contributed by atoms with E-state index in [1.54, 1.807) is 0 Å². The third kappa shape index (κ3) is 6.20. The molecule has 0 aliphatic heterocycles. The van der Waals surface area contributed by atoms with Crippen LogP contribution in [0, 0.1) is 13.8 Å². The van der Waals surface area contributed by atoms with E-state index in [1.165, 1.54) is 5.56 Å². The fourth-order valence-electron chi connectivity index (χ4n) is 3.22. The van der Waals surface area contributed by atoms with E-state index in [0.29, 0.717) is 0 Å². The van der Waals surface area contributed by atoms with Crippen LogP contribution < -0.4 is 15.5 Å². The number of hydrogen-bond acceptors (Lipinski definition) is 2. The minimum Gasteiger partial charge on any atom is -0.345 e. The van der Waals surface area contributed by atoms with E-state index in [4.69, 9.17) is 0 Å². The van der Waals surface area contributed by atoms with Gasteiger partial charge in [-0.25, -0.2) is 0 Å². The zero-order valence-corrected chi connectivity index (χ0v) is 17.6. The molecule has 0 aromatic heterocycles. The Bertz CT molecular complexity index is 795. The van der Waals surface area contributed by atoms with Gasteiger partial charge in [0.25, 0.3) is 11.8 Å². The van der Waals surface area contributed by atoms with Gasteiger partial charge in [-0.05, 0) is 49.4 Å². The molecule has 0 heterocycles. The first-order valence-corrected chi connectivity index (χ1v) is 9.85. The van der Waals surface area contributed by atoms with Gasteiger partial charge in [-0.3, -0.25) is 9.59 Å². The lowest BCUT2D eigenvalue weighted by Gasteiger charge is -2.18. The maximum Gasteiger partial charge on any atom is 0.279 e. The second kappa shape index (κ2) is 10.0. The molecule has 0 saturated carbocycles. The van der Waals surface area contributed by atoms with Crippen molar-refractivity contribution >= 4 is 17.5 Å². The Kier molecular flexibility index (Phi) is 7.76. The summed E-state index contributed by atoms with van der Waals surface area (Å²) in [5.74, 6) is -0.157. The van der Waals surface area contributed by atoms with Gasteiger partial charge >= 0.3 is 0 Å². The number of hydrogen-bond donors (Lipinski definition) is 3. The summed E-state index contributed by atoms with van der Waals surface area (Å²) in [6, 6.07) is 14.1. The van der Waals surface area contributed by atoms with E-state index in [9.17, 15) is 9.59 Å². The fraction of sp³-hybridized carbons (Fsp3) is 0.391. The maximum atomic E-state index is 12.3. The van der Waals surface area contributed by atoms with E-state index in [1.807, 2.05) is 46.0 Å². The second-order valence-corrected chi connectivity index (χ2v) is 7.51. The highest BCUT2D eigenvalue weighted by Crippen LogP contribution is 2.19. The Hall–Kier alpha value is -2.66. The highest BCUT2D eigenvalue weighted by Gasteiger charge is 2.17. The van der Waals surface area contributed by atoms with Crippen LogP contribution in [0.15, 0.2) is 42.5 Å². The lowest BCUT2D eigenvalue weighted by atomic mass is 10.1. The number of amides is 2. The van der Waals surface area contributed by atoms with Crippen LogP contribution in [-0.2, 0) is 16.0 Å². The number of benzene rings is 2. The van der Waals surface area contributed by atoms with E-state index in [-0.39, 0.29) is 30.9 Å². The fourth-order valence-corrected chi connectivity index (χ4v) is 3.22. The number of anilines is 1. The molecule has 0 saturated heterocycles. The van der Waals surface area contributed by atoms with Crippen LogP contribution in [0.3, 0.4) is 0 Å². The van der Waals surface area contributed by atoms with Crippen LogP contribution in [0.5, 0.6) is 0 Å². The zero-order chi connectivity index (χ0) is 20.7. The maximum absolute atomic E-state index is 12.3. The van der Waals surface area contributed by atoms with Gasteiger partial charge in [-0.1, -0.05) is 49.4 Å². The predicted octanol–water partition coefficient (Wildman–Crippen LogP) is 2.20. The summed E-state index contributed by atoms with van der Waals surface area (Å²) >= 11 is 0. The molecule has 0 bridgehead atoms. The van der Waals surface area contributed by atoms with Gasteiger partial charge < -0.3 is 15.5 Å². The largest absolute Gasteiger partial charge is 0.345 e. The van der Waals surface area contributed by atoms with Crippen LogP contribution in [0.1, 0.15) is 42.1 Å². The zero-order valence-electron chi connectivity index (χ0n) is 17.6. The summed E-state index contributed by atoms with van der Waals surface area (Å²) in [4.78, 5) is 25.5. The number of aryl methyl sites for hydroxylation is 3. The van der Waals surface area contributed by atoms with Crippen molar-refractivity contribution in [3.8, 4) is 0 Å². The van der Waals surface area contributed by atoms with Crippen molar-refractivity contribution in [2.75, 3.05) is 25.5 Å². The Labute approximate surface area is 168 Å². The third-order valence-electron chi connectivity index (χ3n) is 4.94. The van der Waals surface area contributed by atoms with Crippen LogP contribution in [-0.4, -0.2) is 32.0 Å². The molecule has 5 heteroatoms. The molecule has 1 unspecified atom stereocenters. The molecule has 5 nitrogen and oxygen atoms in total. The predicted molar refractivity (Wildman–Crippen MR) is 114 cm³/mol. The smallest absolute Gasteiger partial charge is 0.279 e. The standard InChI is InChI=1S/C23H31N3O2/c1-6-19-10-12-20(13-11-19)18(4)24-21(27)14-26(5)15-22(28)25-23-16(2)8-7-9-17(23)3/h7-13,18H,6,14-15H2,1-5H3,(H,24,27)(H,25,28)/p+1/t18-/m0/s1. The number of carbonyl (C=O) groups is 2. The summed E-state index contributed by atoms with van der Waals surface area (Å²) in [6.07, 6.45) is 0.999. The molecule has 0 spiro atoms. The van der Waals surface area contributed by atoms with E-state index >= 15 is 0 Å². The average molecular weight is 383 g/mol. The van der Waals surface area contributed by atoms with Crippen molar-refractivity contribution in [1.82, 2.24) is 5.32 Å². The lowest BCUT2D eigenvalue weighted by molar-refractivity contribution is -0.862. The van der Waals surface area contributed by atoms with Gasteiger partial charge in [0.2, 0.25) is 0 Å². The monoisotopic (exact) mass is 382 g/mol. The molecular weight excluding hydrogens is 350 g/mol. The molecule has 2 rings (SSSR count). The molecule has 150 valence electrons. The van der Waals surface area contributed by atoms with Gasteiger partial charge in [0, 0.05) is 5.69 Å². The Morgan fingerprint density at radius 1 is 0.964 bits per heavy atom. The minimum absolute atomic E-state index is 0.0605. The number of nitrogens with one attached hydrogen (secondary N) is 3. The van der Waals surface area contributed by atoms with Crippen molar-refractivity contribution in [3.63, 3.8) is 0 Å². The van der Waals surface area contributed by atoms with Crippen LogP contribution in [0.4, 0.5) is 5.69 Å². The van der Waals surface area contributed by atoms with E-state index in [2.05, 4.69) is 41.8 Å². The van der Waals surface area contributed by atoms with Gasteiger partial charge in [-0.15, -0.1) is 0 Å². The number of carbonyl (C=O) groups excluding carboxylic acids is 2.